The van der Waals surface area contributed by atoms with Crippen molar-refractivity contribution in [2.24, 2.45) is 22.2 Å². The molecule has 214 valence electrons. The third-order valence-electron chi connectivity index (χ3n) is 9.28. The summed E-state index contributed by atoms with van der Waals surface area (Å²) in [6.45, 7) is 15.5. The lowest BCUT2D eigenvalue weighted by atomic mass is 9.40. The van der Waals surface area contributed by atoms with Gasteiger partial charge in [-0.25, -0.2) is 0 Å². The van der Waals surface area contributed by atoms with Crippen LogP contribution in [-0.4, -0.2) is 53.1 Å². The highest BCUT2D eigenvalue weighted by atomic mass is 32.2. The van der Waals surface area contributed by atoms with Gasteiger partial charge in [-0.15, -0.1) is 0 Å². The van der Waals surface area contributed by atoms with E-state index in [0.717, 1.165) is 22.9 Å². The van der Waals surface area contributed by atoms with E-state index in [4.69, 9.17) is 13.7 Å². The summed E-state index contributed by atoms with van der Waals surface area (Å²) < 4.78 is 46.2. The highest BCUT2D eigenvalue weighted by Gasteiger charge is 2.85. The van der Waals surface area contributed by atoms with Crippen LogP contribution in [0.25, 0.3) is 0 Å². The summed E-state index contributed by atoms with van der Waals surface area (Å²) >= 11 is 1.15. The lowest BCUT2D eigenvalue weighted by molar-refractivity contribution is -0.288. The minimum absolute atomic E-state index is 0.00367. The Labute approximate surface area is 237 Å². The van der Waals surface area contributed by atoms with Gasteiger partial charge >= 0.3 is 10.1 Å². The Balaban J connectivity index is 2.21. The first-order valence-corrected chi connectivity index (χ1v) is 19.2. The molecule has 1 spiro atoms. The molecule has 5 rings (SSSR count). The molecule has 0 N–H and O–H groups in total. The zero-order valence-corrected chi connectivity index (χ0v) is 27.2. The van der Waals surface area contributed by atoms with Crippen LogP contribution in [0.2, 0.25) is 19.6 Å². The first kappa shape index (κ1) is 30.2. The second kappa shape index (κ2) is 9.41. The molecule has 39 heavy (non-hydrogen) atoms. The number of fused-ring (bicyclic) bond motifs is 1. The number of hydrogen-bond donors (Lipinski definition) is 0. The van der Waals surface area contributed by atoms with Gasteiger partial charge in [0.15, 0.2) is 5.12 Å². The molecule has 4 aliphatic rings. The molecule has 1 aromatic carbocycles. The fraction of sp³-hybridized carbons (Fsp3) is 0.586. The normalized spacial score (nSPS) is 31.8. The van der Waals surface area contributed by atoms with Crippen LogP contribution in [0.15, 0.2) is 51.8 Å². The summed E-state index contributed by atoms with van der Waals surface area (Å²) in [5.74, 6) is -1.87. The van der Waals surface area contributed by atoms with E-state index >= 15 is 0 Å². The number of thioether (sulfide) groups is 1. The molecule has 4 unspecified atom stereocenters. The molecule has 4 aliphatic carbocycles. The van der Waals surface area contributed by atoms with Crippen molar-refractivity contribution >= 4 is 40.9 Å². The van der Waals surface area contributed by atoms with E-state index in [2.05, 4.69) is 19.6 Å². The maximum atomic E-state index is 14.9. The van der Waals surface area contributed by atoms with E-state index in [9.17, 15) is 18.0 Å². The SMILES string of the molecule is CCSC(=O)C1(C)C2=CCC(C)C23C(=O)C(OC)(OC)C1(C)C(OS(=O)(=O)c1ccc(C)cc1)=C3[Si](C)(C)C. The summed E-state index contributed by atoms with van der Waals surface area (Å²) in [5.41, 5.74) is -2.62. The van der Waals surface area contributed by atoms with Crippen molar-refractivity contribution in [2.45, 2.75) is 71.4 Å². The molecule has 2 bridgehead atoms. The predicted octanol–water partition coefficient (Wildman–Crippen LogP) is 5.66. The monoisotopic (exact) mass is 592 g/mol. The maximum Gasteiger partial charge on any atom is 0.338 e. The van der Waals surface area contributed by atoms with E-state index in [1.807, 2.05) is 26.8 Å². The number of methoxy groups -OCH3 is 2. The number of ketones is 1. The van der Waals surface area contributed by atoms with Crippen LogP contribution in [0.4, 0.5) is 0 Å². The quantitative estimate of drug-likeness (QED) is 0.165. The number of Topliss-reactive ketones (excluding diaryl/α,β-unsaturated/α-hetero) is 1. The van der Waals surface area contributed by atoms with Crippen molar-refractivity contribution in [1.82, 2.24) is 0 Å². The van der Waals surface area contributed by atoms with Gasteiger partial charge in [0.05, 0.1) is 18.9 Å². The predicted molar refractivity (Wildman–Crippen MR) is 155 cm³/mol. The van der Waals surface area contributed by atoms with Crippen molar-refractivity contribution in [3.8, 4) is 0 Å². The van der Waals surface area contributed by atoms with Crippen molar-refractivity contribution in [1.29, 1.82) is 0 Å². The second-order valence-electron chi connectivity index (χ2n) is 12.2. The highest BCUT2D eigenvalue weighted by molar-refractivity contribution is 8.13. The number of aryl methyl sites for hydroxylation is 1. The Hall–Kier alpha value is -1.72. The molecule has 0 aromatic heterocycles. The number of carbonyl (C=O) groups excluding carboxylic acids is 2. The molecule has 1 saturated carbocycles. The average molecular weight is 593 g/mol. The Morgan fingerprint density at radius 3 is 2.15 bits per heavy atom. The molecule has 10 heteroatoms. The maximum absolute atomic E-state index is 14.9. The fourth-order valence-corrected chi connectivity index (χ4v) is 12.0. The lowest BCUT2D eigenvalue weighted by Gasteiger charge is -2.68. The first-order valence-electron chi connectivity index (χ1n) is 13.3. The van der Waals surface area contributed by atoms with Crippen LogP contribution >= 0.6 is 11.8 Å². The third-order valence-corrected chi connectivity index (χ3v) is 13.6. The Morgan fingerprint density at radius 2 is 1.67 bits per heavy atom. The molecule has 4 atom stereocenters. The average Bonchev–Trinajstić information content (AvgIpc) is 3.20. The molecule has 1 fully saturated rings. The van der Waals surface area contributed by atoms with Crippen molar-refractivity contribution < 1.29 is 31.7 Å². The highest BCUT2D eigenvalue weighted by Crippen LogP contribution is 2.78. The van der Waals surface area contributed by atoms with Gasteiger partial charge in [0.25, 0.3) is 0 Å². The zero-order valence-electron chi connectivity index (χ0n) is 24.6. The number of hydrogen-bond acceptors (Lipinski definition) is 8. The summed E-state index contributed by atoms with van der Waals surface area (Å²) in [6.07, 6.45) is 2.59. The third kappa shape index (κ3) is 3.57. The zero-order chi connectivity index (χ0) is 29.4. The van der Waals surface area contributed by atoms with E-state index in [1.165, 1.54) is 26.4 Å². The molecule has 0 aliphatic heterocycles. The van der Waals surface area contributed by atoms with Gasteiger partial charge < -0.3 is 13.7 Å². The number of carbonyl (C=O) groups is 2. The number of ether oxygens (including phenoxy) is 2. The van der Waals surface area contributed by atoms with Gasteiger partial charge in [0.2, 0.25) is 11.6 Å². The minimum atomic E-state index is -4.35. The molecular weight excluding hydrogens is 553 g/mol. The Morgan fingerprint density at radius 1 is 1.10 bits per heavy atom. The molecule has 0 amide bonds. The lowest BCUT2D eigenvalue weighted by Crippen LogP contribution is -2.78. The molecule has 0 saturated heterocycles. The van der Waals surface area contributed by atoms with Crippen LogP contribution < -0.4 is 0 Å². The van der Waals surface area contributed by atoms with E-state index in [-0.39, 0.29) is 27.5 Å². The molecule has 1 aromatic rings. The fourth-order valence-electron chi connectivity index (χ4n) is 7.41. The smallest absolute Gasteiger partial charge is 0.338 e. The second-order valence-corrected chi connectivity index (χ2v) is 20.0. The van der Waals surface area contributed by atoms with Gasteiger partial charge in [-0.05, 0) is 61.8 Å². The number of rotatable bonds is 8. The van der Waals surface area contributed by atoms with Gasteiger partial charge in [0.1, 0.15) is 16.1 Å². The van der Waals surface area contributed by atoms with Crippen molar-refractivity contribution in [3.63, 3.8) is 0 Å². The molecule has 7 nitrogen and oxygen atoms in total. The molecule has 0 heterocycles. The first-order chi connectivity index (χ1) is 18.0. The number of allylic oxidation sites excluding steroid dienone is 3. The van der Waals surface area contributed by atoms with Crippen molar-refractivity contribution in [3.05, 3.63) is 52.4 Å². The van der Waals surface area contributed by atoms with Gasteiger partial charge in [-0.2, -0.15) is 8.42 Å². The summed E-state index contributed by atoms with van der Waals surface area (Å²) in [7, 11) is -4.10. The van der Waals surface area contributed by atoms with Crippen molar-refractivity contribution in [2.75, 3.05) is 20.0 Å². The van der Waals surface area contributed by atoms with Crippen LogP contribution in [-0.2, 0) is 33.4 Å². The minimum Gasteiger partial charge on any atom is -0.383 e. The van der Waals surface area contributed by atoms with Gasteiger partial charge in [0, 0.05) is 14.2 Å². The van der Waals surface area contributed by atoms with Gasteiger partial charge in [-0.1, -0.05) is 69.0 Å². The van der Waals surface area contributed by atoms with Crippen LogP contribution in [0.1, 0.15) is 39.7 Å². The Kier molecular flexibility index (Phi) is 7.29. The summed E-state index contributed by atoms with van der Waals surface area (Å²) in [4.78, 5) is 29.2. The standard InChI is InChI=1S/C29H40O7S2Si/c1-11-37-25(31)26(4)21-17-14-19(3)28(21)23(39(8,9)10)22(27(26,5)29(34-6,35-7)24(28)30)36-38(32,33)20-15-12-18(2)13-16-20/h12-13,15-17,19H,11,14H2,1-10H3. The largest absolute Gasteiger partial charge is 0.383 e. The number of benzene rings is 1. The Bertz CT molecular complexity index is 1390. The van der Waals surface area contributed by atoms with E-state index < -0.39 is 40.2 Å². The van der Waals surface area contributed by atoms with Crippen LogP contribution in [0.5, 0.6) is 0 Å². The van der Waals surface area contributed by atoms with Gasteiger partial charge in [-0.3, -0.25) is 9.59 Å². The van der Waals surface area contributed by atoms with E-state index in [0.29, 0.717) is 17.4 Å². The van der Waals surface area contributed by atoms with E-state index in [1.54, 1.807) is 26.0 Å². The molecular formula is C29H40O7S2Si. The molecule has 0 radical (unpaired) electrons. The topological polar surface area (TPSA) is 96.0 Å². The summed E-state index contributed by atoms with van der Waals surface area (Å²) in [5, 5.41) is 0.526. The van der Waals surface area contributed by atoms with Crippen LogP contribution in [0.3, 0.4) is 0 Å². The van der Waals surface area contributed by atoms with Crippen LogP contribution in [0, 0.1) is 29.1 Å². The summed E-state index contributed by atoms with van der Waals surface area (Å²) in [6, 6.07) is 6.43.